The smallest absolute Gasteiger partial charge is 0.408 e. The van der Waals surface area contributed by atoms with Crippen LogP contribution in [0, 0.1) is 5.92 Å². The fraction of sp³-hybridized carbons (Fsp3) is 0.444. The van der Waals surface area contributed by atoms with Crippen molar-refractivity contribution in [3.63, 3.8) is 0 Å². The van der Waals surface area contributed by atoms with Crippen LogP contribution in [0.2, 0.25) is 0 Å². The molecule has 0 spiro atoms. The maximum atomic E-state index is 13.2. The molecule has 0 saturated carbocycles. The summed E-state index contributed by atoms with van der Waals surface area (Å²) in [5, 5.41) is 11.7. The molecule has 4 rings (SSSR count). The van der Waals surface area contributed by atoms with Crippen molar-refractivity contribution in [3.05, 3.63) is 59.7 Å². The molecule has 1 unspecified atom stereocenters. The van der Waals surface area contributed by atoms with Crippen LogP contribution in [0.3, 0.4) is 0 Å². The zero-order valence-corrected chi connectivity index (χ0v) is 19.8. The van der Waals surface area contributed by atoms with Crippen LogP contribution in [0.4, 0.5) is 4.79 Å². The molecule has 7 heteroatoms. The number of hydrogen-bond acceptors (Lipinski definition) is 4. The summed E-state index contributed by atoms with van der Waals surface area (Å²) < 4.78 is 5.61. The largest absolute Gasteiger partial charge is 0.481 e. The maximum Gasteiger partial charge on any atom is 0.408 e. The van der Waals surface area contributed by atoms with Gasteiger partial charge in [0, 0.05) is 25.4 Å². The van der Waals surface area contributed by atoms with E-state index in [9.17, 15) is 14.4 Å². The van der Waals surface area contributed by atoms with Crippen LogP contribution < -0.4 is 5.32 Å². The molecule has 2 aromatic rings. The van der Waals surface area contributed by atoms with E-state index in [1.165, 1.54) is 0 Å². The molecule has 1 aliphatic heterocycles. The predicted molar refractivity (Wildman–Crippen MR) is 128 cm³/mol. The van der Waals surface area contributed by atoms with Crippen LogP contribution in [0.15, 0.2) is 48.5 Å². The van der Waals surface area contributed by atoms with Crippen LogP contribution in [0.5, 0.6) is 0 Å². The summed E-state index contributed by atoms with van der Waals surface area (Å²) in [5.41, 5.74) is 3.45. The highest BCUT2D eigenvalue weighted by atomic mass is 16.5. The van der Waals surface area contributed by atoms with Crippen LogP contribution in [0.1, 0.15) is 56.6 Å². The van der Waals surface area contributed by atoms with Crippen molar-refractivity contribution in [2.45, 2.75) is 51.0 Å². The minimum absolute atomic E-state index is 0.0472. The summed E-state index contributed by atoms with van der Waals surface area (Å²) >= 11 is 0. The highest BCUT2D eigenvalue weighted by molar-refractivity contribution is 5.89. The summed E-state index contributed by atoms with van der Waals surface area (Å²) in [7, 11) is 0. The molecule has 1 saturated heterocycles. The van der Waals surface area contributed by atoms with E-state index >= 15 is 0 Å². The number of fused-ring (bicyclic) bond motifs is 3. The second-order valence-corrected chi connectivity index (χ2v) is 9.77. The van der Waals surface area contributed by atoms with E-state index in [2.05, 4.69) is 29.6 Å². The number of carbonyl (C=O) groups excluding carboxylic acids is 2. The van der Waals surface area contributed by atoms with Crippen molar-refractivity contribution in [2.75, 3.05) is 19.7 Å². The van der Waals surface area contributed by atoms with Crippen molar-refractivity contribution >= 4 is 18.0 Å². The molecule has 2 aromatic carbocycles. The Kier molecular flexibility index (Phi) is 6.91. The first-order valence-corrected chi connectivity index (χ1v) is 11.9. The van der Waals surface area contributed by atoms with Crippen molar-refractivity contribution in [2.24, 2.45) is 5.92 Å². The van der Waals surface area contributed by atoms with E-state index in [1.54, 1.807) is 18.7 Å². The number of aliphatic carboxylic acids is 1. The minimum atomic E-state index is -1.13. The highest BCUT2D eigenvalue weighted by Gasteiger charge is 2.37. The second-order valence-electron chi connectivity index (χ2n) is 9.77. The van der Waals surface area contributed by atoms with Gasteiger partial charge < -0.3 is 20.1 Å². The number of ether oxygens (including phenoxy) is 1. The normalized spacial score (nSPS) is 17.6. The third-order valence-corrected chi connectivity index (χ3v) is 6.87. The summed E-state index contributed by atoms with van der Waals surface area (Å²) in [6.07, 6.45) is 1.78. The van der Waals surface area contributed by atoms with Gasteiger partial charge in [0.25, 0.3) is 0 Å². The minimum Gasteiger partial charge on any atom is -0.481 e. The summed E-state index contributed by atoms with van der Waals surface area (Å²) in [6.45, 7) is 4.67. The fourth-order valence-electron chi connectivity index (χ4n) is 5.15. The number of carbonyl (C=O) groups is 3. The molecule has 1 atom stereocenters. The topological polar surface area (TPSA) is 95.9 Å². The molecule has 2 amide bonds. The number of piperidine rings is 1. The van der Waals surface area contributed by atoms with Crippen molar-refractivity contribution in [3.8, 4) is 11.1 Å². The second kappa shape index (κ2) is 9.87. The lowest BCUT2D eigenvalue weighted by atomic mass is 9.91. The lowest BCUT2D eigenvalue weighted by Crippen LogP contribution is -2.57. The average Bonchev–Trinajstić information content (AvgIpc) is 3.14. The third-order valence-electron chi connectivity index (χ3n) is 6.87. The predicted octanol–water partition coefficient (Wildman–Crippen LogP) is 4.41. The first kappa shape index (κ1) is 23.8. The molecule has 7 nitrogen and oxygen atoms in total. The van der Waals surface area contributed by atoms with E-state index in [4.69, 9.17) is 9.84 Å². The lowest BCUT2D eigenvalue weighted by Gasteiger charge is -2.37. The van der Waals surface area contributed by atoms with Gasteiger partial charge in [-0.1, -0.05) is 48.5 Å². The molecular formula is C27H32N2O5. The summed E-state index contributed by atoms with van der Waals surface area (Å²) in [5.74, 6) is -0.880. The standard InChI is InChI=1S/C27H32N2O5/c1-27(2,25(32)29-15-7-8-18(16-29)13-14-24(30)31)28-26(33)34-17-23-21-11-5-3-9-19(21)20-10-4-6-12-22(20)23/h3-6,9-12,18,23H,7-8,13-17H2,1-2H3,(H,28,33)(H,30,31). The lowest BCUT2D eigenvalue weighted by molar-refractivity contribution is -0.139. The van der Waals surface area contributed by atoms with Gasteiger partial charge in [0.2, 0.25) is 5.91 Å². The number of carboxylic acids is 1. The molecular weight excluding hydrogens is 432 g/mol. The zero-order chi connectivity index (χ0) is 24.3. The van der Waals surface area contributed by atoms with Gasteiger partial charge in [-0.05, 0) is 61.3 Å². The van der Waals surface area contributed by atoms with Crippen molar-refractivity contribution in [1.29, 1.82) is 0 Å². The average molecular weight is 465 g/mol. The first-order chi connectivity index (χ1) is 16.3. The Hall–Kier alpha value is -3.35. The van der Waals surface area contributed by atoms with E-state index in [0.717, 1.165) is 35.1 Å². The van der Waals surface area contributed by atoms with Crippen LogP contribution >= 0.6 is 0 Å². The van der Waals surface area contributed by atoms with Crippen molar-refractivity contribution < 1.29 is 24.2 Å². The molecule has 180 valence electrons. The SMILES string of the molecule is CC(C)(NC(=O)OCC1c2ccccc2-c2ccccc21)C(=O)N1CCCC(CCC(=O)O)C1. The third kappa shape index (κ3) is 5.08. The number of likely N-dealkylation sites (tertiary alicyclic amines) is 1. The summed E-state index contributed by atoms with van der Waals surface area (Å²) in [4.78, 5) is 38.5. The molecule has 0 bridgehead atoms. The number of alkyl carbamates (subject to hydrolysis) is 1. The zero-order valence-electron chi connectivity index (χ0n) is 19.8. The van der Waals surface area contributed by atoms with Gasteiger partial charge in [0.1, 0.15) is 12.1 Å². The Balaban J connectivity index is 1.35. The Morgan fingerprint density at radius 1 is 1.06 bits per heavy atom. The number of amides is 2. The van der Waals surface area contributed by atoms with Gasteiger partial charge in [0.05, 0.1) is 0 Å². The molecule has 0 aromatic heterocycles. The van der Waals surface area contributed by atoms with Gasteiger partial charge in [0.15, 0.2) is 0 Å². The molecule has 2 N–H and O–H groups in total. The Bertz CT molecular complexity index is 1030. The summed E-state index contributed by atoms with van der Waals surface area (Å²) in [6, 6.07) is 16.3. The first-order valence-electron chi connectivity index (χ1n) is 11.9. The van der Waals surface area contributed by atoms with Crippen LogP contribution in [-0.2, 0) is 14.3 Å². The number of nitrogens with zero attached hydrogens (tertiary/aromatic N) is 1. The Labute approximate surface area is 200 Å². The maximum absolute atomic E-state index is 13.2. The van der Waals surface area contributed by atoms with Gasteiger partial charge in [-0.2, -0.15) is 0 Å². The van der Waals surface area contributed by atoms with Gasteiger partial charge in [-0.15, -0.1) is 0 Å². The fourth-order valence-corrected chi connectivity index (χ4v) is 5.15. The van der Waals surface area contributed by atoms with E-state index < -0.39 is 17.6 Å². The number of hydrogen-bond donors (Lipinski definition) is 2. The number of benzene rings is 2. The van der Waals surface area contributed by atoms with E-state index in [0.29, 0.717) is 19.5 Å². The molecule has 1 fully saturated rings. The molecule has 2 aliphatic rings. The van der Waals surface area contributed by atoms with Gasteiger partial charge >= 0.3 is 12.1 Å². The van der Waals surface area contributed by atoms with E-state index in [-0.39, 0.29) is 30.8 Å². The Morgan fingerprint density at radius 2 is 1.68 bits per heavy atom. The van der Waals surface area contributed by atoms with E-state index in [1.807, 2.05) is 24.3 Å². The monoisotopic (exact) mass is 464 g/mol. The molecule has 34 heavy (non-hydrogen) atoms. The Morgan fingerprint density at radius 3 is 2.29 bits per heavy atom. The number of nitrogens with one attached hydrogen (secondary N) is 1. The van der Waals surface area contributed by atoms with Crippen LogP contribution in [0.25, 0.3) is 11.1 Å². The van der Waals surface area contributed by atoms with Crippen LogP contribution in [-0.4, -0.2) is 53.2 Å². The highest BCUT2D eigenvalue weighted by Crippen LogP contribution is 2.44. The molecule has 1 heterocycles. The number of rotatable bonds is 7. The molecule has 0 radical (unpaired) electrons. The van der Waals surface area contributed by atoms with Crippen molar-refractivity contribution in [1.82, 2.24) is 10.2 Å². The van der Waals surface area contributed by atoms with Gasteiger partial charge in [-0.3, -0.25) is 9.59 Å². The quantitative estimate of drug-likeness (QED) is 0.633. The van der Waals surface area contributed by atoms with Gasteiger partial charge in [-0.25, -0.2) is 4.79 Å². The molecule has 1 aliphatic carbocycles. The number of carboxylic acid groups (broad SMARTS) is 1.